The predicted molar refractivity (Wildman–Crippen MR) is 56.1 cm³/mol. The molecule has 0 amide bonds. The quantitative estimate of drug-likeness (QED) is 0.599. The van der Waals surface area contributed by atoms with Gasteiger partial charge in [-0.15, -0.1) is 0 Å². The van der Waals surface area contributed by atoms with Crippen LogP contribution >= 0.6 is 0 Å². The highest BCUT2D eigenvalue weighted by atomic mass is 14.9. The Morgan fingerprint density at radius 2 is 2.17 bits per heavy atom. The third-order valence-corrected chi connectivity index (χ3v) is 1.85. The molecule has 0 rings (SSSR count). The summed E-state index contributed by atoms with van der Waals surface area (Å²) in [6.07, 6.45) is 7.41. The fraction of sp³-hybridized carbons (Fsp3) is 0.636. The molecule has 0 saturated heterocycles. The second kappa shape index (κ2) is 6.96. The Kier molecular flexibility index (Phi) is 6.54. The van der Waals surface area contributed by atoms with Gasteiger partial charge in [0.05, 0.1) is 0 Å². The van der Waals surface area contributed by atoms with Gasteiger partial charge < -0.3 is 5.32 Å². The van der Waals surface area contributed by atoms with Crippen molar-refractivity contribution in [2.24, 2.45) is 0 Å². The first kappa shape index (κ1) is 11.3. The van der Waals surface area contributed by atoms with Gasteiger partial charge in [0.15, 0.2) is 0 Å². The highest BCUT2D eigenvalue weighted by Gasteiger charge is 1.99. The summed E-state index contributed by atoms with van der Waals surface area (Å²) in [6, 6.07) is 0.584. The van der Waals surface area contributed by atoms with Gasteiger partial charge in [-0.3, -0.25) is 0 Å². The lowest BCUT2D eigenvalue weighted by atomic mass is 10.2. The van der Waals surface area contributed by atoms with Gasteiger partial charge in [0.25, 0.3) is 0 Å². The molecule has 0 spiro atoms. The monoisotopic (exact) mass is 167 g/mol. The molecule has 0 radical (unpaired) electrons. The van der Waals surface area contributed by atoms with E-state index in [-0.39, 0.29) is 0 Å². The van der Waals surface area contributed by atoms with Crippen LogP contribution in [-0.2, 0) is 0 Å². The topological polar surface area (TPSA) is 12.0 Å². The third-order valence-electron chi connectivity index (χ3n) is 1.85. The summed E-state index contributed by atoms with van der Waals surface area (Å²) >= 11 is 0. The van der Waals surface area contributed by atoms with Crippen molar-refractivity contribution in [3.05, 3.63) is 24.4 Å². The van der Waals surface area contributed by atoms with Crippen molar-refractivity contribution in [2.45, 2.75) is 46.1 Å². The molecule has 0 bridgehead atoms. The van der Waals surface area contributed by atoms with Crippen LogP contribution in [0.3, 0.4) is 0 Å². The molecule has 0 aromatic rings. The van der Waals surface area contributed by atoms with Gasteiger partial charge in [-0.1, -0.05) is 32.9 Å². The van der Waals surface area contributed by atoms with Crippen LogP contribution in [0.1, 0.15) is 40.0 Å². The molecule has 1 heteroatoms. The summed E-state index contributed by atoms with van der Waals surface area (Å²) in [5, 5.41) is 3.46. The highest BCUT2D eigenvalue weighted by Crippen LogP contribution is 2.02. The first-order valence-electron chi connectivity index (χ1n) is 4.82. The van der Waals surface area contributed by atoms with Gasteiger partial charge in [-0.2, -0.15) is 0 Å². The fourth-order valence-corrected chi connectivity index (χ4v) is 1.23. The second-order valence-electron chi connectivity index (χ2n) is 3.12. The number of hydrogen-bond acceptors (Lipinski definition) is 1. The molecule has 70 valence electrons. The van der Waals surface area contributed by atoms with Crippen LogP contribution in [0.5, 0.6) is 0 Å². The van der Waals surface area contributed by atoms with Crippen molar-refractivity contribution in [3.63, 3.8) is 0 Å². The van der Waals surface area contributed by atoms with E-state index in [2.05, 4.69) is 32.7 Å². The van der Waals surface area contributed by atoms with Crippen LogP contribution in [0.25, 0.3) is 0 Å². The van der Waals surface area contributed by atoms with E-state index in [0.717, 1.165) is 6.42 Å². The molecule has 1 N–H and O–H groups in total. The fourth-order valence-electron chi connectivity index (χ4n) is 1.23. The van der Waals surface area contributed by atoms with Gasteiger partial charge in [0, 0.05) is 11.7 Å². The van der Waals surface area contributed by atoms with E-state index in [1.165, 1.54) is 18.5 Å². The molecule has 0 aliphatic heterocycles. The molecular formula is C11H21N. The Labute approximate surface area is 76.6 Å². The van der Waals surface area contributed by atoms with Crippen molar-refractivity contribution in [2.75, 3.05) is 0 Å². The van der Waals surface area contributed by atoms with Crippen LogP contribution in [0, 0.1) is 0 Å². The zero-order valence-corrected chi connectivity index (χ0v) is 8.56. The van der Waals surface area contributed by atoms with Crippen LogP contribution in [-0.4, -0.2) is 6.04 Å². The minimum atomic E-state index is 0.584. The molecule has 0 saturated carbocycles. The van der Waals surface area contributed by atoms with E-state index in [9.17, 15) is 0 Å². The molecule has 0 fully saturated rings. The number of nitrogens with one attached hydrogen (secondary N) is 1. The van der Waals surface area contributed by atoms with Gasteiger partial charge in [-0.05, 0) is 25.8 Å². The summed E-state index contributed by atoms with van der Waals surface area (Å²) in [4.78, 5) is 0. The van der Waals surface area contributed by atoms with Gasteiger partial charge in [-0.25, -0.2) is 0 Å². The summed E-state index contributed by atoms with van der Waals surface area (Å²) in [5.74, 6) is 0. The first-order chi connectivity index (χ1) is 5.74. The minimum absolute atomic E-state index is 0.584. The van der Waals surface area contributed by atoms with Gasteiger partial charge >= 0.3 is 0 Å². The second-order valence-corrected chi connectivity index (χ2v) is 3.12. The minimum Gasteiger partial charge on any atom is -0.386 e. The number of hydrogen-bond donors (Lipinski definition) is 1. The van der Waals surface area contributed by atoms with E-state index in [1.807, 2.05) is 12.2 Å². The molecule has 0 aromatic heterocycles. The van der Waals surface area contributed by atoms with E-state index in [4.69, 9.17) is 0 Å². The van der Waals surface area contributed by atoms with Crippen molar-refractivity contribution in [1.29, 1.82) is 0 Å². The largest absolute Gasteiger partial charge is 0.386 e. The zero-order chi connectivity index (χ0) is 9.40. The summed E-state index contributed by atoms with van der Waals surface area (Å²) in [7, 11) is 0. The summed E-state index contributed by atoms with van der Waals surface area (Å²) < 4.78 is 0. The molecule has 0 aliphatic rings. The average molecular weight is 167 g/mol. The van der Waals surface area contributed by atoms with Crippen LogP contribution in [0.4, 0.5) is 0 Å². The SMILES string of the molecule is C=C/C=C(\CC)NC(C)CCC. The smallest absolute Gasteiger partial charge is 0.0229 e. The maximum absolute atomic E-state index is 3.69. The predicted octanol–water partition coefficient (Wildman–Crippen LogP) is 3.24. The van der Waals surface area contributed by atoms with E-state index in [1.54, 1.807) is 0 Å². The molecule has 0 heterocycles. The van der Waals surface area contributed by atoms with Gasteiger partial charge in [0.1, 0.15) is 0 Å². The van der Waals surface area contributed by atoms with E-state index >= 15 is 0 Å². The molecular weight excluding hydrogens is 146 g/mol. The Morgan fingerprint density at radius 3 is 2.58 bits per heavy atom. The molecule has 0 aliphatic carbocycles. The van der Waals surface area contributed by atoms with Crippen molar-refractivity contribution in [1.82, 2.24) is 5.32 Å². The summed E-state index contributed by atoms with van der Waals surface area (Å²) in [5.41, 5.74) is 1.28. The van der Waals surface area contributed by atoms with E-state index < -0.39 is 0 Å². The molecule has 0 aromatic carbocycles. The van der Waals surface area contributed by atoms with Crippen LogP contribution in [0.15, 0.2) is 24.4 Å². The third kappa shape index (κ3) is 5.00. The van der Waals surface area contributed by atoms with Crippen LogP contribution < -0.4 is 5.32 Å². The molecule has 12 heavy (non-hydrogen) atoms. The average Bonchev–Trinajstić information content (AvgIpc) is 2.04. The van der Waals surface area contributed by atoms with Gasteiger partial charge in [0.2, 0.25) is 0 Å². The molecule has 1 unspecified atom stereocenters. The maximum Gasteiger partial charge on any atom is 0.0229 e. The lowest BCUT2D eigenvalue weighted by Gasteiger charge is -2.15. The summed E-state index contributed by atoms with van der Waals surface area (Å²) in [6.45, 7) is 10.3. The number of rotatable bonds is 6. The van der Waals surface area contributed by atoms with Crippen molar-refractivity contribution < 1.29 is 0 Å². The zero-order valence-electron chi connectivity index (χ0n) is 8.56. The maximum atomic E-state index is 3.69. The lowest BCUT2D eigenvalue weighted by molar-refractivity contribution is 0.551. The Morgan fingerprint density at radius 1 is 1.50 bits per heavy atom. The number of allylic oxidation sites excluding steroid dienone is 3. The Bertz CT molecular complexity index is 147. The van der Waals surface area contributed by atoms with Crippen molar-refractivity contribution >= 4 is 0 Å². The highest BCUT2D eigenvalue weighted by molar-refractivity contribution is 5.08. The Balaban J connectivity index is 3.84. The van der Waals surface area contributed by atoms with E-state index in [0.29, 0.717) is 6.04 Å². The van der Waals surface area contributed by atoms with Crippen LogP contribution in [0.2, 0.25) is 0 Å². The normalized spacial score (nSPS) is 14.1. The standard InChI is InChI=1S/C11H21N/c1-5-8-10(4)12-11(7-3)9-6-2/h6,9-10,12H,2,5,7-8H2,1,3-4H3/b11-9+. The molecule has 1 nitrogen and oxygen atoms in total. The Hall–Kier alpha value is -0.720. The lowest BCUT2D eigenvalue weighted by Crippen LogP contribution is -2.24. The first-order valence-corrected chi connectivity index (χ1v) is 4.82. The molecule has 1 atom stereocenters. The van der Waals surface area contributed by atoms with Crippen molar-refractivity contribution in [3.8, 4) is 0 Å².